The van der Waals surface area contributed by atoms with Crippen LogP contribution in [0.5, 0.6) is 0 Å². The van der Waals surface area contributed by atoms with Crippen LogP contribution in [0.2, 0.25) is 0 Å². The molecule has 1 heterocycles. The van der Waals surface area contributed by atoms with Crippen molar-refractivity contribution in [2.75, 3.05) is 13.1 Å². The van der Waals surface area contributed by atoms with Crippen molar-refractivity contribution in [1.82, 2.24) is 10.2 Å². The van der Waals surface area contributed by atoms with E-state index in [2.05, 4.69) is 19.2 Å². The number of carbonyl (C=O) groups excluding carboxylic acids is 1. The van der Waals surface area contributed by atoms with Crippen molar-refractivity contribution < 1.29 is 4.79 Å². The van der Waals surface area contributed by atoms with Gasteiger partial charge in [0.1, 0.15) is 0 Å². The molecule has 0 unspecified atom stereocenters. The second-order valence-corrected chi connectivity index (χ2v) is 4.10. The first kappa shape index (κ1) is 8.05. The molecule has 0 aromatic heterocycles. The van der Waals surface area contributed by atoms with Gasteiger partial charge < -0.3 is 10.2 Å². The lowest BCUT2D eigenvalue weighted by Gasteiger charge is -2.36. The zero-order valence-electron chi connectivity index (χ0n) is 7.76. The lowest BCUT2D eigenvalue weighted by Crippen LogP contribution is -2.58. The third kappa shape index (κ3) is 1.04. The fourth-order valence-electron chi connectivity index (χ4n) is 1.88. The van der Waals surface area contributed by atoms with E-state index in [4.69, 9.17) is 0 Å². The molecule has 2 rings (SSSR count). The Labute approximate surface area is 73.1 Å². The molecule has 0 bridgehead atoms. The number of amides is 1. The first-order chi connectivity index (χ1) is 5.66. The Morgan fingerprint density at radius 3 is 2.67 bits per heavy atom. The van der Waals surface area contributed by atoms with Crippen molar-refractivity contribution in [3.8, 4) is 0 Å². The molecule has 1 amide bonds. The zero-order chi connectivity index (χ0) is 8.77. The summed E-state index contributed by atoms with van der Waals surface area (Å²) in [6, 6.07) is 0.358. The maximum Gasteiger partial charge on any atom is 0.243 e. The van der Waals surface area contributed by atoms with E-state index in [0.29, 0.717) is 11.9 Å². The maximum absolute atomic E-state index is 11.8. The molecule has 1 saturated heterocycles. The van der Waals surface area contributed by atoms with Crippen LogP contribution in [-0.2, 0) is 4.79 Å². The van der Waals surface area contributed by atoms with Crippen molar-refractivity contribution in [3.63, 3.8) is 0 Å². The van der Waals surface area contributed by atoms with Crippen LogP contribution < -0.4 is 5.32 Å². The number of nitrogens with zero attached hydrogens (tertiary/aromatic N) is 1. The molecule has 68 valence electrons. The second-order valence-electron chi connectivity index (χ2n) is 4.10. The lowest BCUT2D eigenvalue weighted by molar-refractivity contribution is -0.138. The summed E-state index contributed by atoms with van der Waals surface area (Å²) < 4.78 is 0. The van der Waals surface area contributed by atoms with Gasteiger partial charge in [-0.2, -0.15) is 0 Å². The van der Waals surface area contributed by atoms with Gasteiger partial charge in [-0.25, -0.2) is 0 Å². The standard InChI is InChI=1S/C9H16N2O/c1-7(2)11-6-5-10-9(3-4-9)8(11)12/h7,10H,3-6H2,1-2H3. The fourth-order valence-corrected chi connectivity index (χ4v) is 1.88. The molecule has 0 radical (unpaired) electrons. The van der Waals surface area contributed by atoms with E-state index < -0.39 is 0 Å². The smallest absolute Gasteiger partial charge is 0.243 e. The van der Waals surface area contributed by atoms with Crippen LogP contribution in [0.15, 0.2) is 0 Å². The van der Waals surface area contributed by atoms with E-state index in [-0.39, 0.29) is 5.54 Å². The molecule has 0 aromatic rings. The van der Waals surface area contributed by atoms with Gasteiger partial charge in [0.05, 0.1) is 5.54 Å². The van der Waals surface area contributed by atoms with Crippen molar-refractivity contribution >= 4 is 5.91 Å². The highest BCUT2D eigenvalue weighted by Gasteiger charge is 2.53. The quantitative estimate of drug-likeness (QED) is 0.613. The van der Waals surface area contributed by atoms with E-state index >= 15 is 0 Å². The number of hydrogen-bond donors (Lipinski definition) is 1. The van der Waals surface area contributed by atoms with Crippen molar-refractivity contribution in [2.45, 2.75) is 38.3 Å². The molecule has 0 aromatic carbocycles. The first-order valence-electron chi connectivity index (χ1n) is 4.72. The predicted molar refractivity (Wildman–Crippen MR) is 46.8 cm³/mol. The molecular formula is C9H16N2O. The molecule has 1 spiro atoms. The fraction of sp³-hybridized carbons (Fsp3) is 0.889. The van der Waals surface area contributed by atoms with E-state index in [0.717, 1.165) is 25.9 Å². The molecule has 2 fully saturated rings. The zero-order valence-corrected chi connectivity index (χ0v) is 7.76. The summed E-state index contributed by atoms with van der Waals surface area (Å²) in [6.45, 7) is 6.00. The average molecular weight is 168 g/mol. The summed E-state index contributed by atoms with van der Waals surface area (Å²) in [4.78, 5) is 13.8. The monoisotopic (exact) mass is 168 g/mol. The molecule has 1 N–H and O–H groups in total. The summed E-state index contributed by atoms with van der Waals surface area (Å²) in [5.74, 6) is 0.323. The Bertz CT molecular complexity index is 209. The van der Waals surface area contributed by atoms with Gasteiger partial charge in [-0.3, -0.25) is 4.79 Å². The SMILES string of the molecule is CC(C)N1CCNC2(CC2)C1=O. The molecule has 0 atom stereocenters. The molecule has 2 aliphatic rings. The molecular weight excluding hydrogens is 152 g/mol. The minimum atomic E-state index is -0.123. The van der Waals surface area contributed by atoms with Crippen molar-refractivity contribution in [1.29, 1.82) is 0 Å². The Hall–Kier alpha value is -0.570. The van der Waals surface area contributed by atoms with Crippen molar-refractivity contribution in [3.05, 3.63) is 0 Å². The third-order valence-corrected chi connectivity index (χ3v) is 2.86. The topological polar surface area (TPSA) is 32.3 Å². The van der Waals surface area contributed by atoms with E-state index in [9.17, 15) is 4.79 Å². The molecule has 12 heavy (non-hydrogen) atoms. The summed E-state index contributed by atoms with van der Waals surface area (Å²) in [5.41, 5.74) is -0.123. The Morgan fingerprint density at radius 2 is 2.17 bits per heavy atom. The van der Waals surface area contributed by atoms with Crippen LogP contribution in [0.1, 0.15) is 26.7 Å². The summed E-state index contributed by atoms with van der Waals surface area (Å²) in [5, 5.41) is 3.31. The predicted octanol–water partition coefficient (Wildman–Crippen LogP) is 0.359. The summed E-state index contributed by atoms with van der Waals surface area (Å²) in [6.07, 6.45) is 2.07. The minimum absolute atomic E-state index is 0.123. The normalized spacial score (nSPS) is 26.9. The molecule has 1 aliphatic carbocycles. The summed E-state index contributed by atoms with van der Waals surface area (Å²) in [7, 11) is 0. The van der Waals surface area contributed by atoms with Gasteiger partial charge in [0.2, 0.25) is 5.91 Å². The van der Waals surface area contributed by atoms with E-state index in [1.807, 2.05) is 4.90 Å². The van der Waals surface area contributed by atoms with Crippen LogP contribution in [0, 0.1) is 0 Å². The number of hydrogen-bond acceptors (Lipinski definition) is 2. The highest BCUT2D eigenvalue weighted by molar-refractivity contribution is 5.90. The second kappa shape index (κ2) is 2.46. The molecule has 3 nitrogen and oxygen atoms in total. The number of rotatable bonds is 1. The van der Waals surface area contributed by atoms with Gasteiger partial charge >= 0.3 is 0 Å². The molecule has 3 heteroatoms. The number of carbonyl (C=O) groups is 1. The van der Waals surface area contributed by atoms with Gasteiger partial charge in [-0.05, 0) is 26.7 Å². The van der Waals surface area contributed by atoms with Gasteiger partial charge in [0.15, 0.2) is 0 Å². The Morgan fingerprint density at radius 1 is 1.50 bits per heavy atom. The van der Waals surface area contributed by atoms with Crippen LogP contribution in [0.4, 0.5) is 0 Å². The van der Waals surface area contributed by atoms with Crippen LogP contribution >= 0.6 is 0 Å². The molecule has 1 saturated carbocycles. The highest BCUT2D eigenvalue weighted by atomic mass is 16.2. The third-order valence-electron chi connectivity index (χ3n) is 2.86. The van der Waals surface area contributed by atoms with Gasteiger partial charge in [-0.15, -0.1) is 0 Å². The molecule has 1 aliphatic heterocycles. The van der Waals surface area contributed by atoms with Crippen molar-refractivity contribution in [2.24, 2.45) is 0 Å². The Kier molecular flexibility index (Phi) is 1.65. The minimum Gasteiger partial charge on any atom is -0.337 e. The lowest BCUT2D eigenvalue weighted by atomic mass is 10.1. The van der Waals surface area contributed by atoms with E-state index in [1.54, 1.807) is 0 Å². The van der Waals surface area contributed by atoms with Gasteiger partial charge in [0, 0.05) is 19.1 Å². The van der Waals surface area contributed by atoms with Crippen LogP contribution in [0.25, 0.3) is 0 Å². The van der Waals surface area contributed by atoms with Gasteiger partial charge in [-0.1, -0.05) is 0 Å². The highest BCUT2D eigenvalue weighted by Crippen LogP contribution is 2.38. The van der Waals surface area contributed by atoms with Crippen LogP contribution in [-0.4, -0.2) is 35.5 Å². The van der Waals surface area contributed by atoms with E-state index in [1.165, 1.54) is 0 Å². The first-order valence-corrected chi connectivity index (χ1v) is 4.72. The van der Waals surface area contributed by atoms with Gasteiger partial charge in [0.25, 0.3) is 0 Å². The maximum atomic E-state index is 11.8. The van der Waals surface area contributed by atoms with Crippen LogP contribution in [0.3, 0.4) is 0 Å². The number of piperazine rings is 1. The Balaban J connectivity index is 2.11. The number of nitrogens with one attached hydrogen (secondary N) is 1. The average Bonchev–Trinajstić information content (AvgIpc) is 2.76. The largest absolute Gasteiger partial charge is 0.337 e. The summed E-state index contributed by atoms with van der Waals surface area (Å²) >= 11 is 0.